The molecule has 0 atom stereocenters. The summed E-state index contributed by atoms with van der Waals surface area (Å²) in [4.78, 5) is 25.1. The molecule has 2 aromatic rings. The minimum absolute atomic E-state index is 0.00580. The standard InChI is InChI=1S/C16H14BrClN2O3/c17-14-7-6-11(18)10-13(14)15(21)20(8-9-23-16(19)22)12-4-2-1-3-5-12/h1-7,10H,8-9H2,(H2,19,22). The molecule has 7 heteroatoms. The van der Waals surface area contributed by atoms with Gasteiger partial charge in [0.1, 0.15) is 6.61 Å². The molecular formula is C16H14BrClN2O3. The first kappa shape index (κ1) is 17.3. The van der Waals surface area contributed by atoms with Crippen molar-refractivity contribution in [2.45, 2.75) is 0 Å². The van der Waals surface area contributed by atoms with E-state index in [2.05, 4.69) is 15.9 Å². The van der Waals surface area contributed by atoms with Crippen LogP contribution >= 0.6 is 27.5 Å². The summed E-state index contributed by atoms with van der Waals surface area (Å²) in [5.74, 6) is -0.265. The second-order valence-corrected chi connectivity index (χ2v) is 5.87. The van der Waals surface area contributed by atoms with E-state index >= 15 is 0 Å². The van der Waals surface area contributed by atoms with Gasteiger partial charge < -0.3 is 15.4 Å². The first-order valence-corrected chi connectivity index (χ1v) is 7.90. The zero-order valence-corrected chi connectivity index (χ0v) is 14.4. The van der Waals surface area contributed by atoms with Gasteiger partial charge >= 0.3 is 6.09 Å². The summed E-state index contributed by atoms with van der Waals surface area (Å²) in [6.07, 6.45) is -0.880. The Morgan fingerprint density at radius 2 is 1.87 bits per heavy atom. The van der Waals surface area contributed by atoms with E-state index in [9.17, 15) is 9.59 Å². The fourth-order valence-corrected chi connectivity index (χ4v) is 2.59. The first-order chi connectivity index (χ1) is 11.0. The molecule has 2 rings (SSSR count). The molecule has 120 valence electrons. The lowest BCUT2D eigenvalue weighted by atomic mass is 10.1. The third-order valence-electron chi connectivity index (χ3n) is 3.03. The number of nitrogens with zero attached hydrogens (tertiary/aromatic N) is 1. The lowest BCUT2D eigenvalue weighted by Gasteiger charge is -2.23. The number of halogens is 2. The molecular weight excluding hydrogens is 384 g/mol. The maximum Gasteiger partial charge on any atom is 0.404 e. The smallest absolute Gasteiger partial charge is 0.404 e. The zero-order valence-electron chi connectivity index (χ0n) is 12.0. The van der Waals surface area contributed by atoms with Gasteiger partial charge in [-0.2, -0.15) is 0 Å². The van der Waals surface area contributed by atoms with E-state index in [-0.39, 0.29) is 19.1 Å². The number of hydrogen-bond acceptors (Lipinski definition) is 3. The van der Waals surface area contributed by atoms with Crippen molar-refractivity contribution >= 4 is 45.2 Å². The van der Waals surface area contributed by atoms with Crippen molar-refractivity contribution in [2.24, 2.45) is 5.73 Å². The molecule has 2 aromatic carbocycles. The molecule has 0 aromatic heterocycles. The largest absolute Gasteiger partial charge is 0.448 e. The van der Waals surface area contributed by atoms with E-state index in [4.69, 9.17) is 22.1 Å². The topological polar surface area (TPSA) is 72.6 Å². The van der Waals surface area contributed by atoms with Crippen molar-refractivity contribution in [3.63, 3.8) is 0 Å². The first-order valence-electron chi connectivity index (χ1n) is 6.73. The number of hydrogen-bond donors (Lipinski definition) is 1. The Balaban J connectivity index is 2.30. The average Bonchev–Trinajstić information content (AvgIpc) is 2.54. The Morgan fingerprint density at radius 3 is 2.52 bits per heavy atom. The second-order valence-electron chi connectivity index (χ2n) is 4.58. The maximum absolute atomic E-state index is 12.9. The van der Waals surface area contributed by atoms with Gasteiger partial charge in [-0.05, 0) is 46.3 Å². The number of ether oxygens (including phenoxy) is 1. The van der Waals surface area contributed by atoms with Crippen LogP contribution in [0.15, 0.2) is 53.0 Å². The summed E-state index contributed by atoms with van der Waals surface area (Å²) in [6.45, 7) is 0.166. The summed E-state index contributed by atoms with van der Waals surface area (Å²) in [6, 6.07) is 14.0. The molecule has 2 amide bonds. The van der Waals surface area contributed by atoms with E-state index in [0.29, 0.717) is 20.7 Å². The van der Waals surface area contributed by atoms with Crippen molar-refractivity contribution in [1.29, 1.82) is 0 Å². The number of amides is 2. The molecule has 2 N–H and O–H groups in total. The third-order valence-corrected chi connectivity index (χ3v) is 3.96. The number of para-hydroxylation sites is 1. The van der Waals surface area contributed by atoms with Crippen molar-refractivity contribution in [1.82, 2.24) is 0 Å². The number of carbonyl (C=O) groups is 2. The monoisotopic (exact) mass is 396 g/mol. The average molecular weight is 398 g/mol. The highest BCUT2D eigenvalue weighted by atomic mass is 79.9. The normalized spacial score (nSPS) is 10.2. The van der Waals surface area contributed by atoms with E-state index in [1.54, 1.807) is 30.3 Å². The molecule has 0 fully saturated rings. The van der Waals surface area contributed by atoms with Gasteiger partial charge in [-0.3, -0.25) is 4.79 Å². The third kappa shape index (κ3) is 4.71. The minimum atomic E-state index is -0.880. The summed E-state index contributed by atoms with van der Waals surface area (Å²) < 4.78 is 5.37. The number of rotatable bonds is 5. The van der Waals surface area contributed by atoms with Crippen LogP contribution in [0.1, 0.15) is 10.4 Å². The predicted molar refractivity (Wildman–Crippen MR) is 92.8 cm³/mol. The molecule has 0 bridgehead atoms. The Kier molecular flexibility index (Phi) is 6.01. The molecule has 0 aliphatic rings. The molecule has 0 aliphatic carbocycles. The SMILES string of the molecule is NC(=O)OCCN(C(=O)c1cc(Cl)ccc1Br)c1ccccc1. The van der Waals surface area contributed by atoms with Gasteiger partial charge in [0.25, 0.3) is 5.91 Å². The van der Waals surface area contributed by atoms with Gasteiger partial charge in [0.2, 0.25) is 0 Å². The summed E-state index contributed by atoms with van der Waals surface area (Å²) in [7, 11) is 0. The molecule has 0 aliphatic heterocycles. The lowest BCUT2D eigenvalue weighted by molar-refractivity contribution is 0.0974. The van der Waals surface area contributed by atoms with Crippen LogP contribution in [-0.4, -0.2) is 25.2 Å². The Bertz CT molecular complexity index is 710. The molecule has 0 spiro atoms. The Labute approximate surface area is 147 Å². The highest BCUT2D eigenvalue weighted by Crippen LogP contribution is 2.25. The predicted octanol–water partition coefficient (Wildman–Crippen LogP) is 3.84. The number of anilines is 1. The second kappa shape index (κ2) is 7.99. The summed E-state index contributed by atoms with van der Waals surface area (Å²) in [5, 5.41) is 0.456. The van der Waals surface area contributed by atoms with Gasteiger partial charge in [-0.1, -0.05) is 29.8 Å². The fourth-order valence-electron chi connectivity index (χ4n) is 2.00. The van der Waals surface area contributed by atoms with Crippen LogP contribution in [0.5, 0.6) is 0 Å². The molecule has 5 nitrogen and oxygen atoms in total. The number of benzene rings is 2. The van der Waals surface area contributed by atoms with Gasteiger partial charge in [0.05, 0.1) is 12.1 Å². The van der Waals surface area contributed by atoms with Crippen molar-refractivity contribution < 1.29 is 14.3 Å². The zero-order chi connectivity index (χ0) is 16.8. The quantitative estimate of drug-likeness (QED) is 0.833. The molecule has 0 saturated carbocycles. The molecule has 0 saturated heterocycles. The molecule has 0 heterocycles. The van der Waals surface area contributed by atoms with Crippen LogP contribution in [-0.2, 0) is 4.74 Å². The highest BCUT2D eigenvalue weighted by molar-refractivity contribution is 9.10. The van der Waals surface area contributed by atoms with Crippen LogP contribution in [0, 0.1) is 0 Å². The molecule has 0 unspecified atom stereocenters. The summed E-state index contributed by atoms with van der Waals surface area (Å²) in [5.41, 5.74) is 6.05. The van der Waals surface area contributed by atoms with E-state index in [1.807, 2.05) is 18.2 Å². The molecule has 0 radical (unpaired) electrons. The van der Waals surface area contributed by atoms with E-state index in [0.717, 1.165) is 0 Å². The van der Waals surface area contributed by atoms with Crippen molar-refractivity contribution in [2.75, 3.05) is 18.1 Å². The van der Waals surface area contributed by atoms with Crippen LogP contribution < -0.4 is 10.6 Å². The Hall–Kier alpha value is -2.05. The highest BCUT2D eigenvalue weighted by Gasteiger charge is 2.20. The van der Waals surface area contributed by atoms with Gasteiger partial charge in [0, 0.05) is 15.2 Å². The van der Waals surface area contributed by atoms with E-state index < -0.39 is 6.09 Å². The van der Waals surface area contributed by atoms with Crippen molar-refractivity contribution in [3.8, 4) is 0 Å². The fraction of sp³-hybridized carbons (Fsp3) is 0.125. The number of carbonyl (C=O) groups excluding carboxylic acids is 2. The van der Waals surface area contributed by atoms with Gasteiger partial charge in [-0.25, -0.2) is 4.79 Å². The Morgan fingerprint density at radius 1 is 1.17 bits per heavy atom. The van der Waals surface area contributed by atoms with E-state index in [1.165, 1.54) is 4.90 Å². The lowest BCUT2D eigenvalue weighted by Crippen LogP contribution is -2.35. The van der Waals surface area contributed by atoms with Crippen LogP contribution in [0.4, 0.5) is 10.5 Å². The number of primary amides is 1. The minimum Gasteiger partial charge on any atom is -0.448 e. The summed E-state index contributed by atoms with van der Waals surface area (Å²) >= 11 is 9.33. The van der Waals surface area contributed by atoms with Gasteiger partial charge in [0.15, 0.2) is 0 Å². The van der Waals surface area contributed by atoms with Crippen LogP contribution in [0.25, 0.3) is 0 Å². The van der Waals surface area contributed by atoms with Crippen LogP contribution in [0.2, 0.25) is 5.02 Å². The number of nitrogens with two attached hydrogens (primary N) is 1. The molecule has 23 heavy (non-hydrogen) atoms. The maximum atomic E-state index is 12.9. The van der Waals surface area contributed by atoms with Crippen LogP contribution in [0.3, 0.4) is 0 Å². The van der Waals surface area contributed by atoms with Gasteiger partial charge in [-0.15, -0.1) is 0 Å². The van der Waals surface area contributed by atoms with Crippen molar-refractivity contribution in [3.05, 3.63) is 63.6 Å².